The lowest BCUT2D eigenvalue weighted by atomic mass is 9.96. The average molecular weight is 314 g/mol. The topological polar surface area (TPSA) is 79.5 Å². The van der Waals surface area contributed by atoms with E-state index in [2.05, 4.69) is 20.9 Å². The number of rotatable bonds is 1. The Balaban J connectivity index is 2.19. The van der Waals surface area contributed by atoms with E-state index < -0.39 is 0 Å². The van der Waals surface area contributed by atoms with Crippen molar-refractivity contribution in [3.05, 3.63) is 22.3 Å². The van der Waals surface area contributed by atoms with E-state index in [0.717, 1.165) is 0 Å². The Hall–Kier alpha value is -1.14. The molecule has 1 aromatic rings. The van der Waals surface area contributed by atoms with E-state index in [0.29, 0.717) is 35.4 Å². The van der Waals surface area contributed by atoms with Crippen LogP contribution in [0.15, 0.2) is 16.7 Å². The van der Waals surface area contributed by atoms with Crippen molar-refractivity contribution >= 4 is 27.7 Å². The van der Waals surface area contributed by atoms with Crippen LogP contribution in [0.5, 0.6) is 0 Å². The molecule has 1 saturated heterocycles. The standard InChI is InChI=1S/C12H16BrN3O2/c1-7-6-16(3-2-10(7)17)12(18)8-4-11(14)15-5-9(8)13/h4-5,7,10,17H,2-3,6H2,1H3,(H2,14,15). The fourth-order valence-electron chi connectivity index (χ4n) is 2.11. The van der Waals surface area contributed by atoms with E-state index in [1.807, 2.05) is 6.92 Å². The van der Waals surface area contributed by atoms with E-state index in [1.165, 1.54) is 6.20 Å². The predicted molar refractivity (Wildman–Crippen MR) is 72.0 cm³/mol. The lowest BCUT2D eigenvalue weighted by molar-refractivity contribution is 0.0297. The number of hydrogen-bond acceptors (Lipinski definition) is 4. The fraction of sp³-hybridized carbons (Fsp3) is 0.500. The van der Waals surface area contributed by atoms with Gasteiger partial charge in [0, 0.05) is 23.8 Å². The third-order valence-electron chi connectivity index (χ3n) is 3.25. The van der Waals surface area contributed by atoms with E-state index in [-0.39, 0.29) is 17.9 Å². The Kier molecular flexibility index (Phi) is 3.87. The van der Waals surface area contributed by atoms with Gasteiger partial charge in [-0.05, 0) is 34.3 Å². The summed E-state index contributed by atoms with van der Waals surface area (Å²) < 4.78 is 0.639. The number of carbonyl (C=O) groups is 1. The van der Waals surface area contributed by atoms with Crippen LogP contribution in [0.4, 0.5) is 5.82 Å². The number of amides is 1. The van der Waals surface area contributed by atoms with E-state index in [4.69, 9.17) is 5.73 Å². The van der Waals surface area contributed by atoms with E-state index in [9.17, 15) is 9.90 Å². The molecule has 3 N–H and O–H groups in total. The van der Waals surface area contributed by atoms with Crippen LogP contribution < -0.4 is 5.73 Å². The maximum absolute atomic E-state index is 12.4. The normalized spacial score (nSPS) is 24.1. The lowest BCUT2D eigenvalue weighted by Gasteiger charge is -2.34. The van der Waals surface area contributed by atoms with Crippen molar-refractivity contribution in [2.45, 2.75) is 19.4 Å². The van der Waals surface area contributed by atoms with Gasteiger partial charge >= 0.3 is 0 Å². The molecule has 0 radical (unpaired) electrons. The van der Waals surface area contributed by atoms with Gasteiger partial charge in [-0.15, -0.1) is 0 Å². The number of aliphatic hydroxyl groups excluding tert-OH is 1. The van der Waals surface area contributed by atoms with Crippen LogP contribution in [0.3, 0.4) is 0 Å². The Morgan fingerprint density at radius 2 is 2.39 bits per heavy atom. The van der Waals surface area contributed by atoms with E-state index in [1.54, 1.807) is 11.0 Å². The van der Waals surface area contributed by atoms with Crippen molar-refractivity contribution < 1.29 is 9.90 Å². The summed E-state index contributed by atoms with van der Waals surface area (Å²) in [5, 5.41) is 9.67. The third kappa shape index (κ3) is 2.64. The number of nitrogens with zero attached hydrogens (tertiary/aromatic N) is 2. The second-order valence-electron chi connectivity index (χ2n) is 4.67. The van der Waals surface area contributed by atoms with Gasteiger partial charge in [0.2, 0.25) is 0 Å². The molecule has 0 spiro atoms. The number of likely N-dealkylation sites (tertiary alicyclic amines) is 1. The molecule has 1 aliphatic heterocycles. The second-order valence-corrected chi connectivity index (χ2v) is 5.53. The summed E-state index contributed by atoms with van der Waals surface area (Å²) >= 11 is 3.31. The highest BCUT2D eigenvalue weighted by atomic mass is 79.9. The predicted octanol–water partition coefficient (Wildman–Crippen LogP) is 1.27. The molecule has 2 unspecified atom stereocenters. The molecule has 2 atom stereocenters. The first kappa shape index (κ1) is 13.3. The SMILES string of the molecule is CC1CN(C(=O)c2cc(N)ncc2Br)CCC1O. The molecule has 1 aromatic heterocycles. The van der Waals surface area contributed by atoms with Crippen LogP contribution in [0.25, 0.3) is 0 Å². The Bertz CT molecular complexity index is 467. The number of aliphatic hydroxyl groups is 1. The molecule has 1 aliphatic rings. The molecule has 0 bridgehead atoms. The first-order chi connectivity index (χ1) is 8.49. The maximum atomic E-state index is 12.4. The molecule has 2 rings (SSSR count). The number of hydrogen-bond donors (Lipinski definition) is 2. The van der Waals surface area contributed by atoms with Crippen LogP contribution in [0.1, 0.15) is 23.7 Å². The lowest BCUT2D eigenvalue weighted by Crippen LogP contribution is -2.45. The molecule has 6 heteroatoms. The van der Waals surface area contributed by atoms with Gasteiger partial charge in [-0.25, -0.2) is 4.98 Å². The molecule has 0 aromatic carbocycles. The van der Waals surface area contributed by atoms with Gasteiger partial charge in [-0.1, -0.05) is 6.92 Å². The molecule has 18 heavy (non-hydrogen) atoms. The number of aromatic nitrogens is 1. The van der Waals surface area contributed by atoms with Gasteiger partial charge in [0.1, 0.15) is 5.82 Å². The molecule has 5 nitrogen and oxygen atoms in total. The van der Waals surface area contributed by atoms with Gasteiger partial charge in [0.25, 0.3) is 5.91 Å². The highest BCUT2D eigenvalue weighted by molar-refractivity contribution is 9.10. The average Bonchev–Trinajstić information content (AvgIpc) is 2.35. The Morgan fingerprint density at radius 3 is 3.06 bits per heavy atom. The number of carbonyl (C=O) groups excluding carboxylic acids is 1. The van der Waals surface area contributed by atoms with Crippen molar-refractivity contribution in [2.24, 2.45) is 5.92 Å². The van der Waals surface area contributed by atoms with Crippen LogP contribution in [0.2, 0.25) is 0 Å². The molecule has 0 aliphatic carbocycles. The zero-order valence-corrected chi connectivity index (χ0v) is 11.7. The van der Waals surface area contributed by atoms with Crippen LogP contribution in [-0.4, -0.2) is 40.1 Å². The number of nitrogens with two attached hydrogens (primary N) is 1. The van der Waals surface area contributed by atoms with Crippen molar-refractivity contribution in [3.63, 3.8) is 0 Å². The molecular formula is C12H16BrN3O2. The summed E-state index contributed by atoms with van der Waals surface area (Å²) in [5.74, 6) is 0.349. The highest BCUT2D eigenvalue weighted by Crippen LogP contribution is 2.23. The van der Waals surface area contributed by atoms with E-state index >= 15 is 0 Å². The minimum Gasteiger partial charge on any atom is -0.393 e. The second kappa shape index (κ2) is 5.24. The summed E-state index contributed by atoms with van der Waals surface area (Å²) in [6, 6.07) is 1.57. The summed E-state index contributed by atoms with van der Waals surface area (Å²) in [4.78, 5) is 18.0. The summed E-state index contributed by atoms with van der Waals surface area (Å²) in [6.45, 7) is 3.08. The maximum Gasteiger partial charge on any atom is 0.255 e. The Labute approximate surface area is 114 Å². The fourth-order valence-corrected chi connectivity index (χ4v) is 2.49. The molecule has 0 saturated carbocycles. The molecular weight excluding hydrogens is 298 g/mol. The van der Waals surface area contributed by atoms with Crippen LogP contribution >= 0.6 is 15.9 Å². The quantitative estimate of drug-likeness (QED) is 0.818. The minimum atomic E-state index is -0.319. The molecule has 98 valence electrons. The Morgan fingerprint density at radius 1 is 1.67 bits per heavy atom. The van der Waals surface area contributed by atoms with Crippen LogP contribution in [0, 0.1) is 5.92 Å². The minimum absolute atomic E-state index is 0.0743. The largest absolute Gasteiger partial charge is 0.393 e. The number of anilines is 1. The number of piperidine rings is 1. The van der Waals surface area contributed by atoms with Gasteiger partial charge in [0.05, 0.1) is 11.7 Å². The van der Waals surface area contributed by atoms with Gasteiger partial charge in [-0.2, -0.15) is 0 Å². The van der Waals surface area contributed by atoms with Gasteiger partial charge < -0.3 is 15.7 Å². The number of pyridine rings is 1. The molecule has 1 fully saturated rings. The summed E-state index contributed by atoms with van der Waals surface area (Å²) in [7, 11) is 0. The van der Waals surface area contributed by atoms with Crippen molar-refractivity contribution in [2.75, 3.05) is 18.8 Å². The first-order valence-corrected chi connectivity index (χ1v) is 6.66. The van der Waals surface area contributed by atoms with Gasteiger partial charge in [-0.3, -0.25) is 4.79 Å². The number of halogens is 1. The smallest absolute Gasteiger partial charge is 0.255 e. The number of nitrogen functional groups attached to an aromatic ring is 1. The van der Waals surface area contributed by atoms with Crippen molar-refractivity contribution in [1.82, 2.24) is 9.88 Å². The monoisotopic (exact) mass is 313 g/mol. The summed E-state index contributed by atoms with van der Waals surface area (Å²) in [6.07, 6.45) is 1.83. The third-order valence-corrected chi connectivity index (χ3v) is 3.89. The highest BCUT2D eigenvalue weighted by Gasteiger charge is 2.28. The van der Waals surface area contributed by atoms with Crippen LogP contribution in [-0.2, 0) is 0 Å². The van der Waals surface area contributed by atoms with Crippen molar-refractivity contribution in [3.8, 4) is 0 Å². The summed E-state index contributed by atoms with van der Waals surface area (Å²) in [5.41, 5.74) is 6.12. The first-order valence-electron chi connectivity index (χ1n) is 5.87. The van der Waals surface area contributed by atoms with Crippen molar-refractivity contribution in [1.29, 1.82) is 0 Å². The zero-order valence-electron chi connectivity index (χ0n) is 10.1. The zero-order chi connectivity index (χ0) is 13.3. The van der Waals surface area contributed by atoms with Gasteiger partial charge in [0.15, 0.2) is 0 Å². The molecule has 2 heterocycles. The molecule has 1 amide bonds.